The second-order valence-corrected chi connectivity index (χ2v) is 5.82. The second kappa shape index (κ2) is 6.81. The van der Waals surface area contributed by atoms with Gasteiger partial charge in [0.15, 0.2) is 17.6 Å². The van der Waals surface area contributed by atoms with Gasteiger partial charge in [0.05, 0.1) is 12.8 Å². The topological polar surface area (TPSA) is 55.8 Å². The Kier molecular flexibility index (Phi) is 5.06. The minimum absolute atomic E-state index is 0.0546. The van der Waals surface area contributed by atoms with E-state index in [2.05, 4.69) is 6.92 Å². The van der Waals surface area contributed by atoms with Crippen molar-refractivity contribution >= 4 is 17.9 Å². The smallest absolute Gasteiger partial charge is 0.268 e. The lowest BCUT2D eigenvalue weighted by molar-refractivity contribution is -0.128. The van der Waals surface area contributed by atoms with Crippen molar-refractivity contribution in [3.63, 3.8) is 0 Å². The lowest BCUT2D eigenvalue weighted by atomic mass is 10.0. The Labute approximate surface area is 131 Å². The Morgan fingerprint density at radius 3 is 2.68 bits per heavy atom. The summed E-state index contributed by atoms with van der Waals surface area (Å²) in [6, 6.07) is 3.33. The van der Waals surface area contributed by atoms with E-state index < -0.39 is 6.10 Å². The Hall–Kier alpha value is -2.04. The molecule has 0 N–H and O–H groups in total. The van der Waals surface area contributed by atoms with Crippen LogP contribution in [0.4, 0.5) is 5.69 Å². The fourth-order valence-corrected chi connectivity index (χ4v) is 2.56. The number of anilines is 1. The molecule has 0 bridgehead atoms. The van der Waals surface area contributed by atoms with Crippen LogP contribution < -0.4 is 14.4 Å². The molecule has 1 heterocycles. The number of aldehydes is 1. The second-order valence-electron chi connectivity index (χ2n) is 5.82. The molecule has 0 spiro atoms. The molecule has 0 radical (unpaired) electrons. The van der Waals surface area contributed by atoms with Crippen LogP contribution in [0.5, 0.6) is 11.5 Å². The van der Waals surface area contributed by atoms with Crippen molar-refractivity contribution in [3.05, 3.63) is 17.7 Å². The van der Waals surface area contributed by atoms with Crippen LogP contribution in [-0.4, -0.2) is 32.0 Å². The summed E-state index contributed by atoms with van der Waals surface area (Å²) in [7, 11) is 1.53. The van der Waals surface area contributed by atoms with Gasteiger partial charge in [-0.05, 0) is 24.5 Å². The number of carbonyl (C=O) groups excluding carboxylic acids is 2. The van der Waals surface area contributed by atoms with Crippen molar-refractivity contribution < 1.29 is 19.1 Å². The van der Waals surface area contributed by atoms with Crippen LogP contribution in [0.25, 0.3) is 0 Å². The third-order valence-electron chi connectivity index (χ3n) is 3.80. The predicted octanol–water partition coefficient (Wildman–Crippen LogP) is 3.06. The highest BCUT2D eigenvalue weighted by Gasteiger charge is 2.37. The molecule has 120 valence electrons. The molecular weight excluding hydrogens is 282 g/mol. The molecule has 5 heteroatoms. The Morgan fingerprint density at radius 1 is 1.41 bits per heavy atom. The number of fused-ring (bicyclic) bond motifs is 1. The van der Waals surface area contributed by atoms with Crippen molar-refractivity contribution in [2.24, 2.45) is 5.92 Å². The fraction of sp³-hybridized carbons (Fsp3) is 0.529. The fourth-order valence-electron chi connectivity index (χ4n) is 2.56. The normalized spacial score (nSPS) is 17.2. The maximum atomic E-state index is 12.7. The molecule has 1 unspecified atom stereocenters. The number of ether oxygens (including phenoxy) is 2. The number of benzene rings is 1. The molecular formula is C17H23NO4. The number of methoxy groups -OCH3 is 1. The molecule has 1 aromatic carbocycles. The van der Waals surface area contributed by atoms with E-state index >= 15 is 0 Å². The summed E-state index contributed by atoms with van der Waals surface area (Å²) in [5, 5.41) is 0. The first kappa shape index (κ1) is 16.3. The number of rotatable bonds is 6. The van der Waals surface area contributed by atoms with E-state index in [1.54, 1.807) is 17.0 Å². The molecule has 1 aromatic rings. The zero-order chi connectivity index (χ0) is 16.3. The van der Waals surface area contributed by atoms with E-state index in [0.717, 1.165) is 19.1 Å². The van der Waals surface area contributed by atoms with Crippen LogP contribution in [0.2, 0.25) is 0 Å². The van der Waals surface area contributed by atoms with E-state index in [4.69, 9.17) is 9.47 Å². The lowest BCUT2D eigenvalue weighted by Gasteiger charge is -2.36. The number of unbranched alkanes of at least 4 members (excludes halogenated alkanes) is 1. The molecule has 0 saturated heterocycles. The zero-order valence-corrected chi connectivity index (χ0v) is 13.6. The average molecular weight is 305 g/mol. The summed E-state index contributed by atoms with van der Waals surface area (Å²) in [6.45, 7) is 6.60. The van der Waals surface area contributed by atoms with Gasteiger partial charge in [-0.1, -0.05) is 27.2 Å². The van der Waals surface area contributed by atoms with Crippen LogP contribution in [0.15, 0.2) is 12.1 Å². The Morgan fingerprint density at radius 2 is 2.14 bits per heavy atom. The van der Waals surface area contributed by atoms with Gasteiger partial charge in [-0.25, -0.2) is 0 Å². The maximum absolute atomic E-state index is 12.7. The van der Waals surface area contributed by atoms with Crippen molar-refractivity contribution in [2.45, 2.75) is 39.7 Å². The van der Waals surface area contributed by atoms with Crippen molar-refractivity contribution in [3.8, 4) is 11.5 Å². The minimum atomic E-state index is -0.527. The van der Waals surface area contributed by atoms with Crippen LogP contribution in [0.3, 0.4) is 0 Å². The summed E-state index contributed by atoms with van der Waals surface area (Å²) >= 11 is 0. The first-order valence-corrected chi connectivity index (χ1v) is 7.68. The van der Waals surface area contributed by atoms with Crippen LogP contribution in [0, 0.1) is 5.92 Å². The van der Waals surface area contributed by atoms with Gasteiger partial charge >= 0.3 is 0 Å². The summed E-state index contributed by atoms with van der Waals surface area (Å²) < 4.78 is 11.3. The third-order valence-corrected chi connectivity index (χ3v) is 3.80. The minimum Gasteiger partial charge on any atom is -0.493 e. The maximum Gasteiger partial charge on any atom is 0.268 e. The van der Waals surface area contributed by atoms with Gasteiger partial charge in [-0.3, -0.25) is 9.59 Å². The van der Waals surface area contributed by atoms with Crippen LogP contribution in [-0.2, 0) is 4.79 Å². The molecule has 0 aliphatic carbocycles. The number of amides is 1. The number of hydrogen-bond acceptors (Lipinski definition) is 4. The average Bonchev–Trinajstić information content (AvgIpc) is 2.52. The SMILES string of the molecule is CCCCN1C(=O)C(C(C)C)Oc2c(OC)cc(C=O)cc21. The highest BCUT2D eigenvalue weighted by atomic mass is 16.5. The summed E-state index contributed by atoms with van der Waals surface area (Å²) in [5.41, 5.74) is 1.09. The predicted molar refractivity (Wildman–Crippen MR) is 84.9 cm³/mol. The Bertz CT molecular complexity index is 568. The van der Waals surface area contributed by atoms with Gasteiger partial charge in [0.1, 0.15) is 6.29 Å². The van der Waals surface area contributed by atoms with E-state index in [1.807, 2.05) is 13.8 Å². The summed E-state index contributed by atoms with van der Waals surface area (Å²) in [5.74, 6) is 1.03. The quantitative estimate of drug-likeness (QED) is 0.758. The molecule has 5 nitrogen and oxygen atoms in total. The van der Waals surface area contributed by atoms with Gasteiger partial charge in [0, 0.05) is 12.1 Å². The first-order valence-electron chi connectivity index (χ1n) is 7.68. The number of nitrogens with zero attached hydrogens (tertiary/aromatic N) is 1. The van der Waals surface area contributed by atoms with E-state index in [1.165, 1.54) is 7.11 Å². The largest absolute Gasteiger partial charge is 0.493 e. The molecule has 1 atom stereocenters. The van der Waals surface area contributed by atoms with E-state index in [9.17, 15) is 9.59 Å². The standard InChI is InChI=1S/C17H23NO4/c1-5-6-7-18-13-8-12(10-19)9-14(21-4)16(13)22-15(11(2)3)17(18)20/h8-11,15H,5-7H2,1-4H3. The third kappa shape index (κ3) is 2.93. The number of hydrogen-bond donors (Lipinski definition) is 0. The van der Waals surface area contributed by atoms with Crippen LogP contribution in [0.1, 0.15) is 44.0 Å². The summed E-state index contributed by atoms with van der Waals surface area (Å²) in [6.07, 6.45) is 2.10. The van der Waals surface area contributed by atoms with Gasteiger partial charge in [0.25, 0.3) is 5.91 Å². The van der Waals surface area contributed by atoms with Crippen molar-refractivity contribution in [1.82, 2.24) is 0 Å². The monoisotopic (exact) mass is 305 g/mol. The zero-order valence-electron chi connectivity index (χ0n) is 13.6. The Balaban J connectivity index is 2.55. The molecule has 1 aliphatic heterocycles. The highest BCUT2D eigenvalue weighted by molar-refractivity contribution is 6.01. The molecule has 2 rings (SSSR count). The molecule has 22 heavy (non-hydrogen) atoms. The van der Waals surface area contributed by atoms with Crippen molar-refractivity contribution in [1.29, 1.82) is 0 Å². The van der Waals surface area contributed by atoms with E-state index in [0.29, 0.717) is 29.3 Å². The van der Waals surface area contributed by atoms with Gasteiger partial charge in [0.2, 0.25) is 0 Å². The van der Waals surface area contributed by atoms with E-state index in [-0.39, 0.29) is 11.8 Å². The molecule has 1 aliphatic rings. The molecule has 0 saturated carbocycles. The highest BCUT2D eigenvalue weighted by Crippen LogP contribution is 2.43. The van der Waals surface area contributed by atoms with Crippen molar-refractivity contribution in [2.75, 3.05) is 18.6 Å². The number of carbonyl (C=O) groups is 2. The molecule has 0 aromatic heterocycles. The van der Waals surface area contributed by atoms with Gasteiger partial charge < -0.3 is 14.4 Å². The molecule has 1 amide bonds. The van der Waals surface area contributed by atoms with Gasteiger partial charge in [-0.2, -0.15) is 0 Å². The van der Waals surface area contributed by atoms with Gasteiger partial charge in [-0.15, -0.1) is 0 Å². The first-order chi connectivity index (χ1) is 10.5. The summed E-state index contributed by atoms with van der Waals surface area (Å²) in [4.78, 5) is 25.6. The molecule has 0 fully saturated rings. The van der Waals surface area contributed by atoms with Crippen LogP contribution >= 0.6 is 0 Å². The lowest BCUT2D eigenvalue weighted by Crippen LogP contribution is -2.48.